The normalized spacial score (nSPS) is 9.58. The van der Waals surface area contributed by atoms with E-state index in [9.17, 15) is 0 Å². The summed E-state index contributed by atoms with van der Waals surface area (Å²) in [5.41, 5.74) is 1.81. The Balaban J connectivity index is 3.13. The SMILES string of the molecule is C=C(OC)c1nc(C)ccc1I. The highest BCUT2D eigenvalue weighted by Crippen LogP contribution is 2.17. The maximum Gasteiger partial charge on any atom is 0.138 e. The zero-order chi connectivity index (χ0) is 9.14. The van der Waals surface area contributed by atoms with Crippen LogP contribution in [0, 0.1) is 10.5 Å². The molecule has 0 radical (unpaired) electrons. The molecule has 12 heavy (non-hydrogen) atoms. The maximum atomic E-state index is 5.01. The minimum Gasteiger partial charge on any atom is -0.495 e. The molecular formula is C9H10INO. The fourth-order valence-corrected chi connectivity index (χ4v) is 1.43. The molecule has 0 amide bonds. The van der Waals surface area contributed by atoms with Gasteiger partial charge in [-0.05, 0) is 41.6 Å². The molecular weight excluding hydrogens is 265 g/mol. The third-order valence-electron chi connectivity index (χ3n) is 1.50. The number of hydrogen-bond acceptors (Lipinski definition) is 2. The molecule has 0 unspecified atom stereocenters. The number of aryl methyl sites for hydroxylation is 1. The van der Waals surface area contributed by atoms with Gasteiger partial charge in [0.1, 0.15) is 11.5 Å². The first-order valence-corrected chi connectivity index (χ1v) is 4.59. The number of rotatable bonds is 2. The van der Waals surface area contributed by atoms with Crippen LogP contribution in [-0.4, -0.2) is 12.1 Å². The van der Waals surface area contributed by atoms with Gasteiger partial charge in [0, 0.05) is 9.26 Å². The summed E-state index contributed by atoms with van der Waals surface area (Å²) >= 11 is 2.21. The highest BCUT2D eigenvalue weighted by Gasteiger charge is 2.05. The topological polar surface area (TPSA) is 22.1 Å². The van der Waals surface area contributed by atoms with Crippen molar-refractivity contribution in [3.63, 3.8) is 0 Å². The van der Waals surface area contributed by atoms with Crippen LogP contribution >= 0.6 is 22.6 Å². The van der Waals surface area contributed by atoms with Gasteiger partial charge < -0.3 is 4.74 Å². The number of hydrogen-bond donors (Lipinski definition) is 0. The summed E-state index contributed by atoms with van der Waals surface area (Å²) in [6, 6.07) is 3.97. The van der Waals surface area contributed by atoms with Gasteiger partial charge in [-0.2, -0.15) is 0 Å². The first-order valence-electron chi connectivity index (χ1n) is 3.51. The molecule has 0 saturated carbocycles. The lowest BCUT2D eigenvalue weighted by Gasteiger charge is -2.05. The second kappa shape index (κ2) is 3.89. The Morgan fingerprint density at radius 3 is 2.83 bits per heavy atom. The predicted molar refractivity (Wildman–Crippen MR) is 57.7 cm³/mol. The summed E-state index contributed by atoms with van der Waals surface area (Å²) in [5, 5.41) is 0. The van der Waals surface area contributed by atoms with E-state index in [0.717, 1.165) is 15.0 Å². The van der Waals surface area contributed by atoms with Crippen LogP contribution < -0.4 is 0 Å². The van der Waals surface area contributed by atoms with Crippen molar-refractivity contribution in [3.8, 4) is 0 Å². The zero-order valence-corrected chi connectivity index (χ0v) is 9.25. The number of halogens is 1. The molecule has 1 rings (SSSR count). The Morgan fingerprint density at radius 1 is 1.58 bits per heavy atom. The third-order valence-corrected chi connectivity index (χ3v) is 2.37. The molecule has 0 bridgehead atoms. The Hall–Kier alpha value is -0.580. The summed E-state index contributed by atoms with van der Waals surface area (Å²) < 4.78 is 6.07. The van der Waals surface area contributed by atoms with Crippen LogP contribution in [0.5, 0.6) is 0 Å². The van der Waals surface area contributed by atoms with E-state index >= 15 is 0 Å². The molecule has 1 aromatic heterocycles. The van der Waals surface area contributed by atoms with E-state index in [-0.39, 0.29) is 0 Å². The van der Waals surface area contributed by atoms with Crippen LogP contribution in [0.15, 0.2) is 18.7 Å². The first kappa shape index (κ1) is 9.51. The molecule has 0 aliphatic carbocycles. The molecule has 0 spiro atoms. The van der Waals surface area contributed by atoms with Crippen LogP contribution in [0.25, 0.3) is 5.76 Å². The summed E-state index contributed by atoms with van der Waals surface area (Å²) in [4.78, 5) is 4.31. The summed E-state index contributed by atoms with van der Waals surface area (Å²) in [5.74, 6) is 0.614. The van der Waals surface area contributed by atoms with Gasteiger partial charge in [-0.15, -0.1) is 0 Å². The van der Waals surface area contributed by atoms with Gasteiger partial charge in [0.2, 0.25) is 0 Å². The molecule has 2 nitrogen and oxygen atoms in total. The van der Waals surface area contributed by atoms with Gasteiger partial charge in [-0.3, -0.25) is 0 Å². The lowest BCUT2D eigenvalue weighted by molar-refractivity contribution is 0.369. The molecule has 3 heteroatoms. The van der Waals surface area contributed by atoms with E-state index in [1.54, 1.807) is 7.11 Å². The van der Waals surface area contributed by atoms with E-state index in [0.29, 0.717) is 5.76 Å². The zero-order valence-electron chi connectivity index (χ0n) is 7.10. The summed E-state index contributed by atoms with van der Waals surface area (Å²) in [6.45, 7) is 5.70. The number of methoxy groups -OCH3 is 1. The van der Waals surface area contributed by atoms with E-state index in [2.05, 4.69) is 34.2 Å². The Bertz CT molecular complexity index is 309. The van der Waals surface area contributed by atoms with E-state index in [1.165, 1.54) is 0 Å². The van der Waals surface area contributed by atoms with E-state index in [1.807, 2.05) is 19.1 Å². The van der Waals surface area contributed by atoms with Crippen LogP contribution in [0.2, 0.25) is 0 Å². The second-order valence-electron chi connectivity index (χ2n) is 2.41. The summed E-state index contributed by atoms with van der Waals surface area (Å²) in [6.07, 6.45) is 0. The highest BCUT2D eigenvalue weighted by molar-refractivity contribution is 14.1. The second-order valence-corrected chi connectivity index (χ2v) is 3.57. The standard InChI is InChI=1S/C9H10INO/c1-6-4-5-8(10)9(11-6)7(2)12-3/h4-5H,2H2,1,3H3. The lowest BCUT2D eigenvalue weighted by Crippen LogP contribution is -1.95. The fraction of sp³-hybridized carbons (Fsp3) is 0.222. The maximum absolute atomic E-state index is 5.01. The Labute approximate surface area is 85.8 Å². The Morgan fingerprint density at radius 2 is 2.25 bits per heavy atom. The molecule has 1 heterocycles. The predicted octanol–water partition coefficient (Wildman–Crippen LogP) is 2.61. The monoisotopic (exact) mass is 275 g/mol. The van der Waals surface area contributed by atoms with Crippen LogP contribution in [0.3, 0.4) is 0 Å². The lowest BCUT2D eigenvalue weighted by atomic mass is 10.3. The number of aromatic nitrogens is 1. The van der Waals surface area contributed by atoms with Crippen molar-refractivity contribution in [2.45, 2.75) is 6.92 Å². The van der Waals surface area contributed by atoms with Gasteiger partial charge in [-0.1, -0.05) is 6.58 Å². The quantitative estimate of drug-likeness (QED) is 0.611. The van der Waals surface area contributed by atoms with Crippen LogP contribution in [-0.2, 0) is 4.74 Å². The smallest absolute Gasteiger partial charge is 0.138 e. The molecule has 0 atom stereocenters. The summed E-state index contributed by atoms with van der Waals surface area (Å²) in [7, 11) is 1.60. The molecule has 0 saturated heterocycles. The Kier molecular flexibility index (Phi) is 3.08. The fourth-order valence-electron chi connectivity index (χ4n) is 0.832. The number of nitrogens with zero attached hydrogens (tertiary/aromatic N) is 1. The molecule has 0 aromatic carbocycles. The number of pyridine rings is 1. The molecule has 0 fully saturated rings. The molecule has 0 aliphatic heterocycles. The van der Waals surface area contributed by atoms with Crippen molar-refractivity contribution >= 4 is 28.4 Å². The molecule has 1 aromatic rings. The molecule has 0 aliphatic rings. The van der Waals surface area contributed by atoms with Crippen molar-refractivity contribution < 1.29 is 4.74 Å². The first-order chi connectivity index (χ1) is 5.65. The minimum atomic E-state index is 0.614. The van der Waals surface area contributed by atoms with Crippen molar-refractivity contribution in [2.75, 3.05) is 7.11 Å². The van der Waals surface area contributed by atoms with Crippen molar-refractivity contribution in [2.24, 2.45) is 0 Å². The average Bonchev–Trinajstić information content (AvgIpc) is 2.08. The minimum absolute atomic E-state index is 0.614. The van der Waals surface area contributed by atoms with Gasteiger partial charge >= 0.3 is 0 Å². The van der Waals surface area contributed by atoms with Gasteiger partial charge in [-0.25, -0.2) is 4.98 Å². The highest BCUT2D eigenvalue weighted by atomic mass is 127. The van der Waals surface area contributed by atoms with Crippen molar-refractivity contribution in [1.29, 1.82) is 0 Å². The van der Waals surface area contributed by atoms with Crippen molar-refractivity contribution in [3.05, 3.63) is 33.7 Å². The molecule has 64 valence electrons. The van der Waals surface area contributed by atoms with E-state index in [4.69, 9.17) is 4.74 Å². The largest absolute Gasteiger partial charge is 0.495 e. The van der Waals surface area contributed by atoms with Crippen molar-refractivity contribution in [1.82, 2.24) is 4.98 Å². The van der Waals surface area contributed by atoms with Crippen LogP contribution in [0.4, 0.5) is 0 Å². The third kappa shape index (κ3) is 1.97. The molecule has 0 N–H and O–H groups in total. The van der Waals surface area contributed by atoms with Crippen LogP contribution in [0.1, 0.15) is 11.4 Å². The van der Waals surface area contributed by atoms with E-state index < -0.39 is 0 Å². The van der Waals surface area contributed by atoms with Gasteiger partial charge in [0.05, 0.1) is 7.11 Å². The number of ether oxygens (including phenoxy) is 1. The van der Waals surface area contributed by atoms with Gasteiger partial charge in [0.25, 0.3) is 0 Å². The van der Waals surface area contributed by atoms with Gasteiger partial charge in [0.15, 0.2) is 0 Å². The average molecular weight is 275 g/mol.